The van der Waals surface area contributed by atoms with E-state index < -0.39 is 5.97 Å². The summed E-state index contributed by atoms with van der Waals surface area (Å²) in [6.07, 6.45) is -0.134. The van der Waals surface area contributed by atoms with Crippen molar-refractivity contribution in [1.29, 1.82) is 0 Å². The number of hydrogen-bond donors (Lipinski definition) is 2. The Morgan fingerprint density at radius 3 is 2.50 bits per heavy atom. The summed E-state index contributed by atoms with van der Waals surface area (Å²) in [5.41, 5.74) is 3.20. The molecule has 1 aromatic heterocycles. The van der Waals surface area contributed by atoms with Crippen molar-refractivity contribution in [3.63, 3.8) is 0 Å². The number of imidazole rings is 1. The molecule has 0 atom stereocenters. The lowest BCUT2D eigenvalue weighted by Crippen LogP contribution is -2.23. The Balaban J connectivity index is 2.42. The molecule has 3 rings (SSSR count). The van der Waals surface area contributed by atoms with Crippen molar-refractivity contribution < 1.29 is 9.90 Å². The molecule has 0 spiro atoms. The molecule has 2 N–H and O–H groups in total. The maximum atomic E-state index is 12.6. The molecule has 0 saturated carbocycles. The van der Waals surface area contributed by atoms with Crippen LogP contribution in [0.2, 0.25) is 0 Å². The molecule has 0 fully saturated rings. The van der Waals surface area contributed by atoms with Gasteiger partial charge in [0.15, 0.2) is 0 Å². The molecule has 0 amide bonds. The number of aromatic amines is 1. The van der Waals surface area contributed by atoms with Crippen molar-refractivity contribution >= 4 is 17.0 Å². The van der Waals surface area contributed by atoms with Gasteiger partial charge in [0.1, 0.15) is 0 Å². The quantitative estimate of drug-likeness (QED) is 0.776. The number of para-hydroxylation sites is 3. The van der Waals surface area contributed by atoms with Gasteiger partial charge in [0.2, 0.25) is 0 Å². The number of rotatable bonds is 3. The number of carboxylic acid groups (broad SMARTS) is 1. The van der Waals surface area contributed by atoms with Crippen LogP contribution in [0.1, 0.15) is 31.9 Å². The first kappa shape index (κ1) is 16.1. The van der Waals surface area contributed by atoms with E-state index in [-0.39, 0.29) is 17.5 Å². The van der Waals surface area contributed by atoms with Crippen LogP contribution in [0.4, 0.5) is 0 Å². The Morgan fingerprint density at radius 1 is 1.12 bits per heavy atom. The number of benzene rings is 2. The highest BCUT2D eigenvalue weighted by atomic mass is 16.4. The van der Waals surface area contributed by atoms with Gasteiger partial charge < -0.3 is 10.1 Å². The second-order valence-corrected chi connectivity index (χ2v) is 6.92. The first-order chi connectivity index (χ1) is 11.3. The molecule has 3 aromatic rings. The fourth-order valence-electron chi connectivity index (χ4n) is 3.04. The van der Waals surface area contributed by atoms with Crippen LogP contribution in [0.25, 0.3) is 16.7 Å². The van der Waals surface area contributed by atoms with Crippen LogP contribution in [0, 0.1) is 0 Å². The van der Waals surface area contributed by atoms with Gasteiger partial charge in [-0.2, -0.15) is 0 Å². The maximum absolute atomic E-state index is 12.6. The van der Waals surface area contributed by atoms with E-state index in [0.29, 0.717) is 11.3 Å². The van der Waals surface area contributed by atoms with Crippen LogP contribution >= 0.6 is 0 Å². The normalized spacial score (nSPS) is 11.8. The average molecular weight is 324 g/mol. The minimum atomic E-state index is -0.921. The Kier molecular flexibility index (Phi) is 3.79. The topological polar surface area (TPSA) is 75.1 Å². The lowest BCUT2D eigenvalue weighted by atomic mass is 9.84. The van der Waals surface area contributed by atoms with Crippen molar-refractivity contribution in [2.24, 2.45) is 0 Å². The van der Waals surface area contributed by atoms with Crippen molar-refractivity contribution in [3.05, 3.63) is 64.1 Å². The fraction of sp³-hybridized carbons (Fsp3) is 0.263. The molecule has 0 radical (unpaired) electrons. The smallest absolute Gasteiger partial charge is 0.331 e. The second kappa shape index (κ2) is 5.67. The lowest BCUT2D eigenvalue weighted by molar-refractivity contribution is -0.136. The third-order valence-electron chi connectivity index (χ3n) is 4.08. The second-order valence-electron chi connectivity index (χ2n) is 6.92. The van der Waals surface area contributed by atoms with Gasteiger partial charge in [0.25, 0.3) is 0 Å². The van der Waals surface area contributed by atoms with E-state index in [9.17, 15) is 14.7 Å². The van der Waals surface area contributed by atoms with E-state index in [4.69, 9.17) is 0 Å². The number of carbonyl (C=O) groups is 1. The minimum absolute atomic E-state index is 0.134. The van der Waals surface area contributed by atoms with Gasteiger partial charge in [0.05, 0.1) is 23.1 Å². The van der Waals surface area contributed by atoms with E-state index in [1.54, 1.807) is 10.6 Å². The molecule has 0 saturated heterocycles. The van der Waals surface area contributed by atoms with Gasteiger partial charge in [-0.1, -0.05) is 51.1 Å². The summed E-state index contributed by atoms with van der Waals surface area (Å²) in [5, 5.41) is 9.27. The highest BCUT2D eigenvalue weighted by Gasteiger charge is 2.24. The number of fused-ring (bicyclic) bond motifs is 1. The number of carboxylic acids is 1. The molecular formula is C19H20N2O3. The van der Waals surface area contributed by atoms with Crippen molar-refractivity contribution in [1.82, 2.24) is 9.55 Å². The van der Waals surface area contributed by atoms with Gasteiger partial charge in [-0.25, -0.2) is 4.79 Å². The number of nitrogens with zero attached hydrogens (tertiary/aromatic N) is 1. The van der Waals surface area contributed by atoms with E-state index >= 15 is 0 Å². The number of aromatic nitrogens is 2. The van der Waals surface area contributed by atoms with Crippen molar-refractivity contribution in [2.45, 2.75) is 32.6 Å². The largest absolute Gasteiger partial charge is 0.481 e. The molecule has 24 heavy (non-hydrogen) atoms. The predicted octanol–water partition coefficient (Wildman–Crippen LogP) is 3.24. The van der Waals surface area contributed by atoms with Crippen LogP contribution in [0.5, 0.6) is 0 Å². The first-order valence-electron chi connectivity index (χ1n) is 7.83. The summed E-state index contributed by atoms with van der Waals surface area (Å²) < 4.78 is 1.59. The molecule has 0 aliphatic carbocycles. The molecule has 0 unspecified atom stereocenters. The average Bonchev–Trinajstić information content (AvgIpc) is 2.81. The standard InChI is InChI=1S/C19H20N2O3/c1-19(2,3)13-8-6-7-12(11-16(22)23)17(13)21-15-10-5-4-9-14(15)20-18(21)24/h4-10H,11H2,1-3H3,(H,20,24)(H,22,23). The van der Waals surface area contributed by atoms with Gasteiger partial charge in [-0.3, -0.25) is 9.36 Å². The van der Waals surface area contributed by atoms with Crippen molar-refractivity contribution in [3.8, 4) is 5.69 Å². The summed E-state index contributed by atoms with van der Waals surface area (Å²) in [5.74, 6) is -0.921. The van der Waals surface area contributed by atoms with Crippen molar-refractivity contribution in [2.75, 3.05) is 0 Å². The van der Waals surface area contributed by atoms with E-state index in [1.807, 2.05) is 36.4 Å². The number of hydrogen-bond acceptors (Lipinski definition) is 2. The lowest BCUT2D eigenvalue weighted by Gasteiger charge is -2.25. The Hall–Kier alpha value is -2.82. The highest BCUT2D eigenvalue weighted by Crippen LogP contribution is 2.32. The third-order valence-corrected chi connectivity index (χ3v) is 4.08. The fourth-order valence-corrected chi connectivity index (χ4v) is 3.04. The van der Waals surface area contributed by atoms with E-state index in [0.717, 1.165) is 16.6 Å². The molecule has 5 nitrogen and oxygen atoms in total. The maximum Gasteiger partial charge on any atom is 0.331 e. The summed E-state index contributed by atoms with van der Waals surface area (Å²) in [6, 6.07) is 13.0. The van der Waals surface area contributed by atoms with E-state index in [1.165, 1.54) is 0 Å². The molecule has 0 aliphatic heterocycles. The summed E-state index contributed by atoms with van der Waals surface area (Å²) in [4.78, 5) is 26.8. The van der Waals surface area contributed by atoms with Gasteiger partial charge >= 0.3 is 11.7 Å². The Bertz CT molecular complexity index is 974. The summed E-state index contributed by atoms with van der Waals surface area (Å²) in [6.45, 7) is 6.16. The number of aliphatic carboxylic acids is 1. The van der Waals surface area contributed by atoms with Crippen LogP contribution in [-0.2, 0) is 16.6 Å². The van der Waals surface area contributed by atoms with Gasteiger partial charge in [-0.15, -0.1) is 0 Å². The zero-order valence-electron chi connectivity index (χ0n) is 14.0. The Morgan fingerprint density at radius 2 is 1.83 bits per heavy atom. The first-order valence-corrected chi connectivity index (χ1v) is 7.83. The SMILES string of the molecule is CC(C)(C)c1cccc(CC(=O)O)c1-n1c(=O)[nH]c2ccccc21. The molecular weight excluding hydrogens is 304 g/mol. The molecule has 0 bridgehead atoms. The Labute approximate surface area is 139 Å². The molecule has 124 valence electrons. The van der Waals surface area contributed by atoms with Crippen LogP contribution in [0.15, 0.2) is 47.3 Å². The highest BCUT2D eigenvalue weighted by molar-refractivity contribution is 5.79. The molecule has 0 aliphatic rings. The predicted molar refractivity (Wildman–Crippen MR) is 93.9 cm³/mol. The number of H-pyrrole nitrogens is 1. The summed E-state index contributed by atoms with van der Waals surface area (Å²) in [7, 11) is 0. The molecule has 2 aromatic carbocycles. The monoisotopic (exact) mass is 324 g/mol. The van der Waals surface area contributed by atoms with Crippen LogP contribution < -0.4 is 5.69 Å². The molecule has 5 heteroatoms. The molecule has 1 heterocycles. The van der Waals surface area contributed by atoms with Gasteiger partial charge in [-0.05, 0) is 28.7 Å². The number of nitrogens with one attached hydrogen (secondary N) is 1. The minimum Gasteiger partial charge on any atom is -0.481 e. The summed E-state index contributed by atoms with van der Waals surface area (Å²) >= 11 is 0. The zero-order chi connectivity index (χ0) is 17.5. The van der Waals surface area contributed by atoms with Crippen LogP contribution in [0.3, 0.4) is 0 Å². The third kappa shape index (κ3) is 2.73. The zero-order valence-corrected chi connectivity index (χ0v) is 14.0. The van der Waals surface area contributed by atoms with Crippen LogP contribution in [-0.4, -0.2) is 20.6 Å². The van der Waals surface area contributed by atoms with Gasteiger partial charge in [0, 0.05) is 0 Å². The van der Waals surface area contributed by atoms with E-state index in [2.05, 4.69) is 25.8 Å².